The zero-order chi connectivity index (χ0) is 23.2. The number of urea groups is 1. The average molecular weight is 441 g/mol. The SMILES string of the molecule is C=C(C)c1cccc(NC(=O)NNC(=O)C2Cc3ccccc3CN2Cc2ccccc2)c1. The summed E-state index contributed by atoms with van der Waals surface area (Å²) in [5, 5.41) is 2.74. The van der Waals surface area contributed by atoms with Crippen LogP contribution in [0.2, 0.25) is 0 Å². The number of hydrazine groups is 1. The molecule has 6 heteroatoms. The maximum absolute atomic E-state index is 13.1. The van der Waals surface area contributed by atoms with Gasteiger partial charge in [0.1, 0.15) is 0 Å². The summed E-state index contributed by atoms with van der Waals surface area (Å²) in [5.41, 5.74) is 11.1. The van der Waals surface area contributed by atoms with Crippen molar-refractivity contribution in [1.29, 1.82) is 0 Å². The highest BCUT2D eigenvalue weighted by molar-refractivity contribution is 5.92. The van der Waals surface area contributed by atoms with Gasteiger partial charge in [0.25, 0.3) is 5.91 Å². The molecular formula is C27H28N4O2. The van der Waals surface area contributed by atoms with E-state index in [1.54, 1.807) is 6.07 Å². The van der Waals surface area contributed by atoms with Crippen LogP contribution in [0.4, 0.5) is 10.5 Å². The first-order valence-electron chi connectivity index (χ1n) is 11.0. The predicted octanol–water partition coefficient (Wildman–Crippen LogP) is 4.50. The van der Waals surface area contributed by atoms with Crippen LogP contribution >= 0.6 is 0 Å². The van der Waals surface area contributed by atoms with Gasteiger partial charge in [-0.05, 0) is 47.7 Å². The third-order valence-electron chi connectivity index (χ3n) is 5.79. The molecule has 0 spiro atoms. The number of hydrogen-bond acceptors (Lipinski definition) is 3. The lowest BCUT2D eigenvalue weighted by atomic mass is 9.93. The number of rotatable bonds is 5. The number of fused-ring (bicyclic) bond motifs is 1. The number of nitrogens with one attached hydrogen (secondary N) is 3. The molecule has 0 aromatic heterocycles. The molecule has 1 aliphatic heterocycles. The van der Waals surface area contributed by atoms with Crippen molar-refractivity contribution in [3.63, 3.8) is 0 Å². The summed E-state index contributed by atoms with van der Waals surface area (Å²) in [6, 6.07) is 24.8. The molecule has 3 N–H and O–H groups in total. The molecule has 0 bridgehead atoms. The van der Waals surface area contributed by atoms with E-state index in [9.17, 15) is 9.59 Å². The van der Waals surface area contributed by atoms with Gasteiger partial charge < -0.3 is 5.32 Å². The van der Waals surface area contributed by atoms with Crippen LogP contribution in [-0.2, 0) is 24.3 Å². The van der Waals surface area contributed by atoms with Gasteiger partial charge in [0.15, 0.2) is 0 Å². The molecule has 1 aliphatic rings. The maximum atomic E-state index is 13.1. The van der Waals surface area contributed by atoms with E-state index in [1.165, 1.54) is 5.56 Å². The average Bonchev–Trinajstić information content (AvgIpc) is 2.83. The molecule has 168 valence electrons. The molecule has 1 unspecified atom stereocenters. The molecular weight excluding hydrogens is 412 g/mol. The van der Waals surface area contributed by atoms with Gasteiger partial charge in [0.2, 0.25) is 0 Å². The van der Waals surface area contributed by atoms with E-state index in [0.29, 0.717) is 25.2 Å². The topological polar surface area (TPSA) is 73.5 Å². The van der Waals surface area contributed by atoms with Crippen LogP contribution in [0.5, 0.6) is 0 Å². The van der Waals surface area contributed by atoms with Crippen LogP contribution in [0.15, 0.2) is 85.4 Å². The van der Waals surface area contributed by atoms with Crippen molar-refractivity contribution in [2.24, 2.45) is 0 Å². The molecule has 3 amide bonds. The van der Waals surface area contributed by atoms with Crippen LogP contribution in [0.1, 0.15) is 29.2 Å². The van der Waals surface area contributed by atoms with E-state index in [0.717, 1.165) is 22.3 Å². The Morgan fingerprint density at radius 1 is 0.939 bits per heavy atom. The van der Waals surface area contributed by atoms with E-state index >= 15 is 0 Å². The van der Waals surface area contributed by atoms with Gasteiger partial charge in [-0.3, -0.25) is 15.1 Å². The van der Waals surface area contributed by atoms with Gasteiger partial charge in [-0.2, -0.15) is 0 Å². The Labute approximate surface area is 194 Å². The van der Waals surface area contributed by atoms with E-state index in [-0.39, 0.29) is 5.91 Å². The smallest absolute Gasteiger partial charge is 0.307 e. The van der Waals surface area contributed by atoms with E-state index in [4.69, 9.17) is 0 Å². The van der Waals surface area contributed by atoms with Crippen LogP contribution in [0.25, 0.3) is 5.57 Å². The van der Waals surface area contributed by atoms with Crippen molar-refractivity contribution in [2.75, 3.05) is 5.32 Å². The van der Waals surface area contributed by atoms with Crippen molar-refractivity contribution in [3.8, 4) is 0 Å². The summed E-state index contributed by atoms with van der Waals surface area (Å²) < 4.78 is 0. The lowest BCUT2D eigenvalue weighted by Crippen LogP contribution is -2.54. The summed E-state index contributed by atoms with van der Waals surface area (Å²) in [6.45, 7) is 7.14. The Bertz CT molecular complexity index is 1160. The lowest BCUT2D eigenvalue weighted by molar-refractivity contribution is -0.128. The van der Waals surface area contributed by atoms with Gasteiger partial charge in [-0.1, -0.05) is 78.9 Å². The van der Waals surface area contributed by atoms with Crippen molar-refractivity contribution in [3.05, 3.63) is 108 Å². The number of amides is 3. The van der Waals surface area contributed by atoms with Gasteiger partial charge in [0, 0.05) is 18.8 Å². The van der Waals surface area contributed by atoms with Gasteiger partial charge in [0.05, 0.1) is 6.04 Å². The highest BCUT2D eigenvalue weighted by Gasteiger charge is 2.31. The third-order valence-corrected chi connectivity index (χ3v) is 5.79. The number of allylic oxidation sites excluding steroid dienone is 1. The monoisotopic (exact) mass is 440 g/mol. The largest absolute Gasteiger partial charge is 0.337 e. The fourth-order valence-corrected chi connectivity index (χ4v) is 4.05. The van der Waals surface area contributed by atoms with E-state index in [2.05, 4.69) is 51.9 Å². The quantitative estimate of drug-likeness (QED) is 0.512. The molecule has 0 aliphatic carbocycles. The number of benzene rings is 3. The normalized spacial score (nSPS) is 15.2. The summed E-state index contributed by atoms with van der Waals surface area (Å²) in [5.74, 6) is -0.244. The molecule has 0 fully saturated rings. The highest BCUT2D eigenvalue weighted by Crippen LogP contribution is 2.25. The van der Waals surface area contributed by atoms with Crippen LogP contribution in [-0.4, -0.2) is 22.9 Å². The number of carbonyl (C=O) groups excluding carboxylic acids is 2. The van der Waals surface area contributed by atoms with Crippen molar-refractivity contribution >= 4 is 23.2 Å². The first kappa shape index (κ1) is 22.3. The maximum Gasteiger partial charge on any atom is 0.337 e. The van der Waals surface area contributed by atoms with Crippen LogP contribution in [0.3, 0.4) is 0 Å². The predicted molar refractivity (Wildman–Crippen MR) is 131 cm³/mol. The Kier molecular flexibility index (Phi) is 6.86. The third kappa shape index (κ3) is 5.67. The standard InChI is InChI=1S/C27H28N4O2/c1-19(2)21-13-8-14-24(15-21)28-27(33)30-29-26(32)25-16-22-11-6-7-12-23(22)18-31(25)17-20-9-4-3-5-10-20/h3-15,25H,1,16-18H2,2H3,(H,29,32)(H2,28,30,33). The van der Waals surface area contributed by atoms with Crippen molar-refractivity contribution in [2.45, 2.75) is 32.5 Å². The second-order valence-corrected chi connectivity index (χ2v) is 8.31. The highest BCUT2D eigenvalue weighted by atomic mass is 16.2. The minimum atomic E-state index is -0.506. The molecule has 0 saturated carbocycles. The molecule has 1 atom stereocenters. The molecule has 6 nitrogen and oxygen atoms in total. The zero-order valence-corrected chi connectivity index (χ0v) is 18.7. The second kappa shape index (κ2) is 10.1. The Morgan fingerprint density at radius 2 is 1.67 bits per heavy atom. The number of hydrogen-bond donors (Lipinski definition) is 3. The lowest BCUT2D eigenvalue weighted by Gasteiger charge is -2.36. The number of carbonyl (C=O) groups is 2. The summed E-state index contributed by atoms with van der Waals surface area (Å²) in [4.78, 5) is 27.6. The van der Waals surface area contributed by atoms with Gasteiger partial charge in [-0.15, -0.1) is 0 Å². The number of nitrogens with zero attached hydrogens (tertiary/aromatic N) is 1. The van der Waals surface area contributed by atoms with Gasteiger partial charge in [-0.25, -0.2) is 10.2 Å². The van der Waals surface area contributed by atoms with Crippen LogP contribution < -0.4 is 16.2 Å². The summed E-state index contributed by atoms with van der Waals surface area (Å²) in [6.07, 6.45) is 0.582. The number of anilines is 1. The molecule has 33 heavy (non-hydrogen) atoms. The molecule has 1 heterocycles. The first-order valence-corrected chi connectivity index (χ1v) is 11.0. The summed E-state index contributed by atoms with van der Waals surface area (Å²) >= 11 is 0. The molecule has 3 aromatic carbocycles. The minimum Gasteiger partial charge on any atom is -0.307 e. The Morgan fingerprint density at radius 3 is 2.42 bits per heavy atom. The van der Waals surface area contributed by atoms with Crippen molar-refractivity contribution < 1.29 is 9.59 Å². The first-order chi connectivity index (χ1) is 16.0. The molecule has 0 radical (unpaired) electrons. The summed E-state index contributed by atoms with van der Waals surface area (Å²) in [7, 11) is 0. The van der Waals surface area contributed by atoms with Crippen LogP contribution in [0, 0.1) is 0 Å². The molecule has 3 aromatic rings. The fourth-order valence-electron chi connectivity index (χ4n) is 4.05. The Hall–Kier alpha value is -3.90. The van der Waals surface area contributed by atoms with E-state index in [1.807, 2.05) is 55.5 Å². The zero-order valence-electron chi connectivity index (χ0n) is 18.7. The van der Waals surface area contributed by atoms with E-state index < -0.39 is 12.1 Å². The molecule has 4 rings (SSSR count). The Balaban J connectivity index is 1.42. The van der Waals surface area contributed by atoms with Crippen molar-refractivity contribution in [1.82, 2.24) is 15.8 Å². The second-order valence-electron chi connectivity index (χ2n) is 8.31. The minimum absolute atomic E-state index is 0.244. The van der Waals surface area contributed by atoms with Gasteiger partial charge >= 0.3 is 6.03 Å². The molecule has 0 saturated heterocycles. The fraction of sp³-hybridized carbons (Fsp3) is 0.185.